The molecule has 0 radical (unpaired) electrons. The predicted molar refractivity (Wildman–Crippen MR) is 99.0 cm³/mol. The summed E-state index contributed by atoms with van der Waals surface area (Å²) >= 11 is 0. The molecule has 142 valence electrons. The van der Waals surface area contributed by atoms with Gasteiger partial charge in [0, 0.05) is 12.6 Å². The van der Waals surface area contributed by atoms with Crippen LogP contribution in [0.3, 0.4) is 0 Å². The maximum Gasteiger partial charge on any atom is 0.407 e. The van der Waals surface area contributed by atoms with Crippen molar-refractivity contribution in [2.45, 2.75) is 51.9 Å². The van der Waals surface area contributed by atoms with Gasteiger partial charge in [-0.15, -0.1) is 0 Å². The summed E-state index contributed by atoms with van der Waals surface area (Å²) in [5, 5.41) is 2.50. The van der Waals surface area contributed by atoms with Crippen molar-refractivity contribution in [1.29, 1.82) is 0 Å². The lowest BCUT2D eigenvalue weighted by molar-refractivity contribution is 0.106. The summed E-state index contributed by atoms with van der Waals surface area (Å²) in [6.07, 6.45) is -1.21. The van der Waals surface area contributed by atoms with Crippen molar-refractivity contribution in [3.8, 4) is 5.75 Å². The van der Waals surface area contributed by atoms with Gasteiger partial charge in [-0.2, -0.15) is 0 Å². The van der Waals surface area contributed by atoms with Crippen molar-refractivity contribution in [3.63, 3.8) is 0 Å². The average Bonchev–Trinajstić information content (AvgIpc) is 2.51. The Bertz CT molecular complexity index is 587. The smallest absolute Gasteiger partial charge is 0.407 e. The van der Waals surface area contributed by atoms with Gasteiger partial charge in [-0.05, 0) is 43.3 Å². The van der Waals surface area contributed by atoms with Crippen molar-refractivity contribution in [2.75, 3.05) is 20.3 Å². The molecule has 1 rings (SSSR count). The first-order chi connectivity index (χ1) is 11.5. The Hall–Kier alpha value is -1.60. The Morgan fingerprint density at radius 2 is 1.92 bits per heavy atom. The van der Waals surface area contributed by atoms with Crippen molar-refractivity contribution in [3.05, 3.63) is 29.6 Å². The molecular formula is C18H30FNO4Si. The van der Waals surface area contributed by atoms with Crippen LogP contribution in [0.1, 0.15) is 39.4 Å². The maximum absolute atomic E-state index is 13.6. The molecule has 0 aliphatic heterocycles. The van der Waals surface area contributed by atoms with Crippen LogP contribution in [0.4, 0.5) is 9.18 Å². The fourth-order valence-electron chi connectivity index (χ4n) is 1.92. The van der Waals surface area contributed by atoms with Crippen molar-refractivity contribution in [1.82, 2.24) is 5.32 Å². The highest BCUT2D eigenvalue weighted by molar-refractivity contribution is 6.74. The van der Waals surface area contributed by atoms with Gasteiger partial charge in [0.2, 0.25) is 0 Å². The topological polar surface area (TPSA) is 56.8 Å². The van der Waals surface area contributed by atoms with Crippen LogP contribution in [0.25, 0.3) is 0 Å². The minimum absolute atomic E-state index is 0.129. The number of hydrogen-bond donors (Lipinski definition) is 1. The summed E-state index contributed by atoms with van der Waals surface area (Å²) in [5.41, 5.74) is 0.482. The highest BCUT2D eigenvalue weighted by Gasteiger charge is 2.36. The van der Waals surface area contributed by atoms with Gasteiger partial charge >= 0.3 is 6.09 Å². The average molecular weight is 372 g/mol. The van der Waals surface area contributed by atoms with E-state index in [1.165, 1.54) is 19.2 Å². The van der Waals surface area contributed by atoms with Gasteiger partial charge in [0.15, 0.2) is 8.32 Å². The second kappa shape index (κ2) is 8.67. The largest absolute Gasteiger partial charge is 0.491 e. The number of rotatable bonds is 7. The molecule has 1 amide bonds. The van der Waals surface area contributed by atoms with Crippen LogP contribution in [0, 0.1) is 5.82 Å². The normalized spacial score (nSPS) is 13.3. The number of halogens is 1. The number of carbonyl (C=O) groups is 1. The molecule has 0 aliphatic rings. The number of benzene rings is 1. The summed E-state index contributed by atoms with van der Waals surface area (Å²) in [5.74, 6) is 0.0730. The van der Waals surface area contributed by atoms with Crippen molar-refractivity contribution < 1.29 is 23.1 Å². The Kier molecular flexibility index (Phi) is 7.43. The zero-order valence-corrected chi connectivity index (χ0v) is 17.2. The standard InChI is InChI=1S/C18H30FNO4Si/c1-13(24-17(21)20-5)15-12-14(19)8-9-16(15)22-10-11-23-25(6,7)18(2,3)4/h8-9,12-13H,10-11H2,1-7H3,(H,20,21). The molecule has 7 heteroatoms. The molecular weight excluding hydrogens is 341 g/mol. The van der Waals surface area contributed by atoms with Crippen LogP contribution >= 0.6 is 0 Å². The van der Waals surface area contributed by atoms with E-state index >= 15 is 0 Å². The Labute approximate surface area is 151 Å². The molecule has 0 spiro atoms. The highest BCUT2D eigenvalue weighted by atomic mass is 28.4. The first-order valence-electron chi connectivity index (χ1n) is 8.42. The lowest BCUT2D eigenvalue weighted by Crippen LogP contribution is -2.41. The number of alkyl carbamates (subject to hydrolysis) is 1. The van der Waals surface area contributed by atoms with Gasteiger partial charge in [0.05, 0.1) is 6.61 Å². The predicted octanol–water partition coefficient (Wildman–Crippen LogP) is 4.64. The van der Waals surface area contributed by atoms with Gasteiger partial charge in [-0.25, -0.2) is 9.18 Å². The Morgan fingerprint density at radius 3 is 2.48 bits per heavy atom. The molecule has 1 aromatic rings. The minimum Gasteiger partial charge on any atom is -0.491 e. The van der Waals surface area contributed by atoms with Crippen LogP contribution in [-0.2, 0) is 9.16 Å². The lowest BCUT2D eigenvalue weighted by atomic mass is 10.1. The van der Waals surface area contributed by atoms with Crippen LogP contribution in [-0.4, -0.2) is 34.7 Å². The van der Waals surface area contributed by atoms with Gasteiger partial charge in [0.25, 0.3) is 0 Å². The van der Waals surface area contributed by atoms with Crippen LogP contribution in [0.15, 0.2) is 18.2 Å². The molecule has 1 unspecified atom stereocenters. The maximum atomic E-state index is 13.6. The van der Waals surface area contributed by atoms with E-state index in [4.69, 9.17) is 13.9 Å². The second-order valence-corrected chi connectivity index (χ2v) is 12.2. The van der Waals surface area contributed by atoms with E-state index in [0.29, 0.717) is 24.5 Å². The van der Waals surface area contributed by atoms with E-state index < -0.39 is 26.3 Å². The summed E-state index contributed by atoms with van der Waals surface area (Å²) in [6, 6.07) is 4.18. The number of carbonyl (C=O) groups excluding carboxylic acids is 1. The summed E-state index contributed by atoms with van der Waals surface area (Å²) in [4.78, 5) is 11.4. The third-order valence-corrected chi connectivity index (χ3v) is 9.05. The van der Waals surface area contributed by atoms with Crippen molar-refractivity contribution >= 4 is 14.4 Å². The fraction of sp³-hybridized carbons (Fsp3) is 0.611. The molecule has 1 N–H and O–H groups in total. The molecule has 1 aromatic carbocycles. The zero-order valence-electron chi connectivity index (χ0n) is 16.2. The molecule has 25 heavy (non-hydrogen) atoms. The Balaban J connectivity index is 2.71. The minimum atomic E-state index is -1.83. The quantitative estimate of drug-likeness (QED) is 0.560. The monoisotopic (exact) mass is 371 g/mol. The van der Waals surface area contributed by atoms with Crippen LogP contribution < -0.4 is 10.1 Å². The van der Waals surface area contributed by atoms with Gasteiger partial charge in [0.1, 0.15) is 24.3 Å². The molecule has 0 saturated carbocycles. The van der Waals surface area contributed by atoms with Gasteiger partial charge in [-0.3, -0.25) is 0 Å². The molecule has 0 heterocycles. The molecule has 0 bridgehead atoms. The highest BCUT2D eigenvalue weighted by Crippen LogP contribution is 2.36. The fourth-order valence-corrected chi connectivity index (χ4v) is 2.94. The second-order valence-electron chi connectivity index (χ2n) is 7.44. The van der Waals surface area contributed by atoms with E-state index in [1.54, 1.807) is 13.0 Å². The van der Waals surface area contributed by atoms with E-state index in [2.05, 4.69) is 39.2 Å². The molecule has 1 atom stereocenters. The number of ether oxygens (including phenoxy) is 2. The number of nitrogens with one attached hydrogen (secondary N) is 1. The van der Waals surface area contributed by atoms with E-state index in [1.807, 2.05) is 0 Å². The number of amides is 1. The van der Waals surface area contributed by atoms with Gasteiger partial charge in [-0.1, -0.05) is 20.8 Å². The lowest BCUT2D eigenvalue weighted by Gasteiger charge is -2.36. The summed E-state index contributed by atoms with van der Waals surface area (Å²) in [7, 11) is -0.363. The first kappa shape index (κ1) is 21.4. The van der Waals surface area contributed by atoms with Crippen LogP contribution in [0.2, 0.25) is 18.1 Å². The summed E-state index contributed by atoms with van der Waals surface area (Å²) in [6.45, 7) is 13.4. The van der Waals surface area contributed by atoms with Crippen LogP contribution in [0.5, 0.6) is 5.75 Å². The Morgan fingerprint density at radius 1 is 1.28 bits per heavy atom. The van der Waals surface area contributed by atoms with Crippen molar-refractivity contribution in [2.24, 2.45) is 0 Å². The summed E-state index contributed by atoms with van der Waals surface area (Å²) < 4.78 is 30.6. The first-order valence-corrected chi connectivity index (χ1v) is 11.3. The third-order valence-electron chi connectivity index (χ3n) is 4.51. The SMILES string of the molecule is CNC(=O)OC(C)c1cc(F)ccc1OCCO[Si](C)(C)C(C)(C)C. The molecule has 5 nitrogen and oxygen atoms in total. The van der Waals surface area contributed by atoms with E-state index in [0.717, 1.165) is 0 Å². The number of hydrogen-bond acceptors (Lipinski definition) is 4. The van der Waals surface area contributed by atoms with E-state index in [-0.39, 0.29) is 5.04 Å². The molecule has 0 fully saturated rings. The zero-order chi connectivity index (χ0) is 19.3. The molecule has 0 saturated heterocycles. The van der Waals surface area contributed by atoms with E-state index in [9.17, 15) is 9.18 Å². The third kappa shape index (κ3) is 6.32. The molecule has 0 aromatic heterocycles. The molecule has 0 aliphatic carbocycles. The van der Waals surface area contributed by atoms with Gasteiger partial charge < -0.3 is 19.2 Å².